The molecule has 2 aromatic carbocycles. The van der Waals surface area contributed by atoms with Crippen LogP contribution in [-0.2, 0) is 30.5 Å². The quantitative estimate of drug-likeness (QED) is 0.361. The number of nitrogens with zero attached hydrogens (tertiary/aromatic N) is 3. The van der Waals surface area contributed by atoms with Crippen molar-refractivity contribution in [3.8, 4) is 11.4 Å². The van der Waals surface area contributed by atoms with Crippen molar-refractivity contribution in [2.24, 2.45) is 5.92 Å². The number of aliphatic hydroxyl groups excluding tert-OH is 2. The number of rotatable bonds is 10. The maximum absolute atomic E-state index is 13.0. The van der Waals surface area contributed by atoms with Crippen molar-refractivity contribution in [2.75, 3.05) is 6.61 Å². The first kappa shape index (κ1) is 29.4. The fraction of sp³-hybridized carbons (Fsp3) is 0.375. The summed E-state index contributed by atoms with van der Waals surface area (Å²) in [5, 5.41) is 23.5. The molecule has 0 radical (unpaired) electrons. The molecule has 0 amide bonds. The summed E-state index contributed by atoms with van der Waals surface area (Å²) in [5.41, 5.74) is -1.54. The molecule has 0 unspecified atom stereocenters. The van der Waals surface area contributed by atoms with E-state index in [1.54, 1.807) is 0 Å². The van der Waals surface area contributed by atoms with Gasteiger partial charge >= 0.3 is 18.0 Å². The summed E-state index contributed by atoms with van der Waals surface area (Å²) < 4.78 is 79.0. The van der Waals surface area contributed by atoms with Gasteiger partial charge in [0, 0.05) is 23.6 Å². The molecule has 0 fully saturated rings. The van der Waals surface area contributed by atoms with Gasteiger partial charge < -0.3 is 10.2 Å². The predicted molar refractivity (Wildman–Crippen MR) is 124 cm³/mol. The van der Waals surface area contributed by atoms with Crippen LogP contribution in [0.25, 0.3) is 11.4 Å². The fourth-order valence-corrected chi connectivity index (χ4v) is 3.89. The van der Waals surface area contributed by atoms with Gasteiger partial charge in [-0.15, -0.1) is 5.10 Å². The van der Waals surface area contributed by atoms with E-state index in [-0.39, 0.29) is 29.8 Å². The third kappa shape index (κ3) is 7.45. The molecule has 0 saturated heterocycles. The first-order chi connectivity index (χ1) is 17.7. The monoisotopic (exact) mass is 565 g/mol. The lowest BCUT2D eigenvalue weighted by Gasteiger charge is -2.15. The Balaban J connectivity index is 1.82. The molecular weight excluding hydrogens is 544 g/mol. The Bertz CT molecular complexity index is 1320. The number of carbonyl (C=O) groups excluding carboxylic acids is 1. The number of aromatic nitrogens is 3. The van der Waals surface area contributed by atoms with Gasteiger partial charge in [0.05, 0.1) is 12.1 Å². The van der Waals surface area contributed by atoms with Crippen LogP contribution >= 0.6 is 11.6 Å². The van der Waals surface area contributed by atoms with Gasteiger partial charge in [-0.3, -0.25) is 9.36 Å². The minimum atomic E-state index is -5.02. The van der Waals surface area contributed by atoms with Gasteiger partial charge in [-0.25, -0.2) is 9.48 Å². The van der Waals surface area contributed by atoms with E-state index in [1.807, 2.05) is 0 Å². The normalized spacial score (nSPS) is 13.9. The van der Waals surface area contributed by atoms with Crippen molar-refractivity contribution >= 4 is 17.4 Å². The van der Waals surface area contributed by atoms with Crippen LogP contribution in [0.15, 0.2) is 53.3 Å². The van der Waals surface area contributed by atoms with Crippen molar-refractivity contribution in [1.29, 1.82) is 0 Å². The van der Waals surface area contributed by atoms with Gasteiger partial charge in [-0.05, 0) is 48.2 Å². The standard InChI is InChI=1S/C24H22ClF6N3O4/c25-18-6-4-16(5-7-18)21-32-34(22(38)33(21)12-20(37)24(29,30)31)11-19(36)10-15(13-35)8-14-2-1-3-17(9-14)23(26,27)28/h1-7,9,15,20,35,37H,8,10-13H2/t15-,20-/m0/s1. The Hall–Kier alpha value is -3.16. The van der Waals surface area contributed by atoms with Crippen LogP contribution < -0.4 is 5.69 Å². The molecule has 7 nitrogen and oxygen atoms in total. The van der Waals surface area contributed by atoms with Crippen molar-refractivity contribution in [3.05, 3.63) is 75.2 Å². The molecule has 3 rings (SSSR count). The largest absolute Gasteiger partial charge is 0.416 e. The van der Waals surface area contributed by atoms with Crippen molar-refractivity contribution in [1.82, 2.24) is 14.3 Å². The molecule has 1 heterocycles. The van der Waals surface area contributed by atoms with Crippen molar-refractivity contribution < 1.29 is 41.4 Å². The Kier molecular flexibility index (Phi) is 9.05. The highest BCUT2D eigenvalue weighted by Crippen LogP contribution is 2.30. The molecule has 0 saturated carbocycles. The molecule has 2 N–H and O–H groups in total. The summed E-state index contributed by atoms with van der Waals surface area (Å²) in [6.07, 6.45) is -12.9. The molecule has 2 atom stereocenters. The molecule has 14 heteroatoms. The lowest BCUT2D eigenvalue weighted by molar-refractivity contribution is -0.207. The number of alkyl halides is 6. The van der Waals surface area contributed by atoms with Crippen molar-refractivity contribution in [3.63, 3.8) is 0 Å². The number of carbonyl (C=O) groups is 1. The third-order valence-corrected chi connectivity index (χ3v) is 5.89. The highest BCUT2D eigenvalue weighted by Gasteiger charge is 2.39. The number of benzene rings is 2. The number of Topliss-reactive ketones (excluding diaryl/α,β-unsaturated/α-hetero) is 1. The number of ketones is 1. The minimum Gasteiger partial charge on any atom is -0.396 e. The van der Waals surface area contributed by atoms with Crippen LogP contribution in [0.4, 0.5) is 26.3 Å². The number of hydrogen-bond acceptors (Lipinski definition) is 5. The Labute approximate surface area is 216 Å². The maximum atomic E-state index is 13.0. The summed E-state index contributed by atoms with van der Waals surface area (Å²) in [5.74, 6) is -1.67. The van der Waals surface area contributed by atoms with Gasteiger partial charge in [0.2, 0.25) is 0 Å². The smallest absolute Gasteiger partial charge is 0.396 e. The zero-order valence-electron chi connectivity index (χ0n) is 19.5. The highest BCUT2D eigenvalue weighted by atomic mass is 35.5. The SMILES string of the molecule is O=C(C[C@@H](CO)Cc1cccc(C(F)(F)F)c1)Cn1nc(-c2ccc(Cl)cc2)n(C[C@H](O)C(F)(F)F)c1=O. The van der Waals surface area contributed by atoms with E-state index < -0.39 is 61.1 Å². The van der Waals surface area contributed by atoms with E-state index in [2.05, 4.69) is 5.10 Å². The van der Waals surface area contributed by atoms with E-state index in [4.69, 9.17) is 11.6 Å². The lowest BCUT2D eigenvalue weighted by Crippen LogP contribution is -2.37. The predicted octanol–water partition coefficient (Wildman–Crippen LogP) is 4.12. The minimum absolute atomic E-state index is 0.0662. The van der Waals surface area contributed by atoms with Crippen LogP contribution in [0, 0.1) is 5.92 Å². The van der Waals surface area contributed by atoms with Gasteiger partial charge in [0.15, 0.2) is 17.7 Å². The van der Waals surface area contributed by atoms with E-state index in [0.29, 0.717) is 14.3 Å². The molecule has 38 heavy (non-hydrogen) atoms. The maximum Gasteiger partial charge on any atom is 0.416 e. The molecule has 1 aromatic heterocycles. The average Bonchev–Trinajstić information content (AvgIpc) is 3.13. The molecule has 206 valence electrons. The number of halogens is 7. The highest BCUT2D eigenvalue weighted by molar-refractivity contribution is 6.30. The fourth-order valence-electron chi connectivity index (χ4n) is 3.76. The molecule has 0 aliphatic heterocycles. The lowest BCUT2D eigenvalue weighted by atomic mass is 9.94. The van der Waals surface area contributed by atoms with Gasteiger partial charge in [-0.1, -0.05) is 29.8 Å². The van der Waals surface area contributed by atoms with E-state index >= 15 is 0 Å². The van der Waals surface area contributed by atoms with Crippen molar-refractivity contribution in [2.45, 2.75) is 44.4 Å². The summed E-state index contributed by atoms with van der Waals surface area (Å²) >= 11 is 5.84. The average molecular weight is 566 g/mol. The van der Waals surface area contributed by atoms with Crippen LogP contribution in [-0.4, -0.2) is 49.2 Å². The molecule has 0 aliphatic rings. The topological polar surface area (TPSA) is 97.3 Å². The van der Waals surface area contributed by atoms with E-state index in [1.165, 1.54) is 36.4 Å². The summed E-state index contributed by atoms with van der Waals surface area (Å²) in [7, 11) is 0. The number of hydrogen-bond donors (Lipinski definition) is 2. The van der Waals surface area contributed by atoms with Gasteiger partial charge in [-0.2, -0.15) is 26.3 Å². The molecule has 0 aliphatic carbocycles. The second-order valence-electron chi connectivity index (χ2n) is 8.63. The second kappa shape index (κ2) is 11.7. The van der Waals surface area contributed by atoms with Gasteiger partial charge in [0.1, 0.15) is 6.54 Å². The van der Waals surface area contributed by atoms with Gasteiger partial charge in [0.25, 0.3) is 0 Å². The molecule has 3 aromatic rings. The zero-order valence-corrected chi connectivity index (χ0v) is 20.3. The molecule has 0 spiro atoms. The first-order valence-electron chi connectivity index (χ1n) is 11.2. The Morgan fingerprint density at radius 1 is 1.05 bits per heavy atom. The third-order valence-electron chi connectivity index (χ3n) is 5.64. The first-order valence-corrected chi connectivity index (χ1v) is 11.5. The molecule has 0 bridgehead atoms. The molecular formula is C24H22ClF6N3O4. The van der Waals surface area contributed by atoms with Crippen LogP contribution in [0.1, 0.15) is 17.5 Å². The Morgan fingerprint density at radius 2 is 1.71 bits per heavy atom. The summed E-state index contributed by atoms with van der Waals surface area (Å²) in [4.78, 5) is 25.5. The summed E-state index contributed by atoms with van der Waals surface area (Å²) in [6.45, 7) is -2.39. The van der Waals surface area contributed by atoms with Crippen LogP contribution in [0.5, 0.6) is 0 Å². The zero-order chi connectivity index (χ0) is 28.3. The van der Waals surface area contributed by atoms with E-state index in [9.17, 15) is 46.1 Å². The van der Waals surface area contributed by atoms with Crippen LogP contribution in [0.2, 0.25) is 5.02 Å². The summed E-state index contributed by atoms with van der Waals surface area (Å²) in [6, 6.07) is 10.0. The van der Waals surface area contributed by atoms with E-state index in [0.717, 1.165) is 12.1 Å². The Morgan fingerprint density at radius 3 is 2.29 bits per heavy atom. The van der Waals surface area contributed by atoms with Crippen LogP contribution in [0.3, 0.4) is 0 Å². The second-order valence-corrected chi connectivity index (χ2v) is 9.07. The number of aliphatic hydroxyl groups is 2.